The topological polar surface area (TPSA) is 38.7 Å². The average Bonchev–Trinajstić information content (AvgIpc) is 2.70. The van der Waals surface area contributed by atoms with E-state index in [-0.39, 0.29) is 0 Å². The van der Waals surface area contributed by atoms with E-state index in [4.69, 9.17) is 11.6 Å². The molecular weight excluding hydrogens is 334 g/mol. The molecule has 0 aliphatic heterocycles. The molecule has 0 spiro atoms. The molecule has 0 aliphatic rings. The first kappa shape index (κ1) is 13.9. The summed E-state index contributed by atoms with van der Waals surface area (Å²) in [5.41, 5.74) is 1.72. The van der Waals surface area contributed by atoms with Crippen LogP contribution < -0.4 is 0 Å². The molecule has 0 radical (unpaired) electrons. The number of rotatable bonds is 3. The molecule has 0 fully saturated rings. The molecule has 18 heavy (non-hydrogen) atoms. The van der Waals surface area contributed by atoms with Crippen LogP contribution >= 0.6 is 38.9 Å². The second kappa shape index (κ2) is 5.63. The Morgan fingerprint density at radius 1 is 1.33 bits per heavy atom. The van der Waals surface area contributed by atoms with Gasteiger partial charge in [-0.2, -0.15) is 0 Å². The number of aryl methyl sites for hydroxylation is 1. The summed E-state index contributed by atoms with van der Waals surface area (Å²) in [5.74, 6) is 1.11. The SMILES string of the molecule is Cc1nc(-c2nc(Cl)c(Br)c(CC(C)C)n2)cs1. The molecular formula is C12H13BrClN3S. The van der Waals surface area contributed by atoms with Gasteiger partial charge in [0.1, 0.15) is 10.8 Å². The lowest BCUT2D eigenvalue weighted by Gasteiger charge is -2.09. The summed E-state index contributed by atoms with van der Waals surface area (Å²) < 4.78 is 0.786. The minimum atomic E-state index is 0.446. The van der Waals surface area contributed by atoms with E-state index >= 15 is 0 Å². The van der Waals surface area contributed by atoms with Crippen molar-refractivity contribution in [1.29, 1.82) is 0 Å². The molecule has 2 rings (SSSR count). The largest absolute Gasteiger partial charge is 0.238 e. The average molecular weight is 347 g/mol. The molecule has 0 aromatic carbocycles. The molecule has 0 saturated carbocycles. The highest BCUT2D eigenvalue weighted by molar-refractivity contribution is 9.10. The van der Waals surface area contributed by atoms with Gasteiger partial charge < -0.3 is 0 Å². The van der Waals surface area contributed by atoms with Crippen LogP contribution in [0.2, 0.25) is 5.15 Å². The molecule has 0 amide bonds. The number of thiazole rings is 1. The summed E-state index contributed by atoms with van der Waals surface area (Å²) in [6, 6.07) is 0. The van der Waals surface area contributed by atoms with Gasteiger partial charge in [0.25, 0.3) is 0 Å². The van der Waals surface area contributed by atoms with Crippen molar-refractivity contribution in [3.05, 3.63) is 25.7 Å². The van der Waals surface area contributed by atoms with Crippen molar-refractivity contribution < 1.29 is 0 Å². The Morgan fingerprint density at radius 3 is 2.61 bits per heavy atom. The zero-order valence-corrected chi connectivity index (χ0v) is 13.5. The van der Waals surface area contributed by atoms with Gasteiger partial charge in [-0.15, -0.1) is 11.3 Å². The third-order valence-corrected chi connectivity index (χ3v) is 4.44. The van der Waals surface area contributed by atoms with Gasteiger partial charge in [0.2, 0.25) is 0 Å². The van der Waals surface area contributed by atoms with Crippen LogP contribution in [0.1, 0.15) is 24.5 Å². The van der Waals surface area contributed by atoms with E-state index in [1.807, 2.05) is 12.3 Å². The van der Waals surface area contributed by atoms with Gasteiger partial charge in [-0.3, -0.25) is 0 Å². The van der Waals surface area contributed by atoms with Gasteiger partial charge in [-0.05, 0) is 35.2 Å². The van der Waals surface area contributed by atoms with E-state index in [9.17, 15) is 0 Å². The van der Waals surface area contributed by atoms with Crippen LogP contribution in [0.3, 0.4) is 0 Å². The number of hydrogen-bond acceptors (Lipinski definition) is 4. The van der Waals surface area contributed by atoms with Crippen LogP contribution in [0.4, 0.5) is 0 Å². The van der Waals surface area contributed by atoms with Gasteiger partial charge in [0.05, 0.1) is 15.2 Å². The maximum Gasteiger partial charge on any atom is 0.180 e. The summed E-state index contributed by atoms with van der Waals surface area (Å²) in [7, 11) is 0. The fourth-order valence-electron chi connectivity index (χ4n) is 1.57. The number of halogens is 2. The van der Waals surface area contributed by atoms with Crippen molar-refractivity contribution in [3.8, 4) is 11.5 Å². The van der Waals surface area contributed by atoms with Crippen molar-refractivity contribution in [3.63, 3.8) is 0 Å². The molecule has 2 aromatic rings. The zero-order chi connectivity index (χ0) is 13.3. The molecule has 3 nitrogen and oxygen atoms in total. The molecule has 96 valence electrons. The minimum Gasteiger partial charge on any atom is -0.238 e. The highest BCUT2D eigenvalue weighted by atomic mass is 79.9. The Hall–Kier alpha value is -0.520. The lowest BCUT2D eigenvalue weighted by atomic mass is 10.1. The molecule has 0 aliphatic carbocycles. The summed E-state index contributed by atoms with van der Waals surface area (Å²) in [6.07, 6.45) is 0.860. The normalized spacial score (nSPS) is 11.2. The van der Waals surface area contributed by atoms with Crippen LogP contribution in [0, 0.1) is 12.8 Å². The second-order valence-electron chi connectivity index (χ2n) is 4.45. The molecule has 0 N–H and O–H groups in total. The van der Waals surface area contributed by atoms with Gasteiger partial charge in [-0.25, -0.2) is 15.0 Å². The van der Waals surface area contributed by atoms with E-state index in [1.165, 1.54) is 0 Å². The Bertz CT molecular complexity index is 568. The van der Waals surface area contributed by atoms with Crippen molar-refractivity contribution >= 4 is 38.9 Å². The number of nitrogens with zero attached hydrogens (tertiary/aromatic N) is 3. The van der Waals surface area contributed by atoms with Gasteiger partial charge in [-0.1, -0.05) is 25.4 Å². The first-order valence-electron chi connectivity index (χ1n) is 5.61. The van der Waals surface area contributed by atoms with Crippen molar-refractivity contribution in [1.82, 2.24) is 15.0 Å². The van der Waals surface area contributed by atoms with Crippen molar-refractivity contribution in [2.75, 3.05) is 0 Å². The Labute approximate surface area is 124 Å². The van der Waals surface area contributed by atoms with E-state index in [1.54, 1.807) is 11.3 Å². The van der Waals surface area contributed by atoms with Crippen LogP contribution in [0.5, 0.6) is 0 Å². The summed E-state index contributed by atoms with van der Waals surface area (Å²) in [6.45, 7) is 6.26. The maximum atomic E-state index is 6.14. The molecule has 0 unspecified atom stereocenters. The smallest absolute Gasteiger partial charge is 0.180 e. The van der Waals surface area contributed by atoms with Crippen LogP contribution in [-0.4, -0.2) is 15.0 Å². The van der Waals surface area contributed by atoms with Crippen LogP contribution in [-0.2, 0) is 6.42 Å². The van der Waals surface area contributed by atoms with Gasteiger partial charge in [0.15, 0.2) is 5.82 Å². The highest BCUT2D eigenvalue weighted by Crippen LogP contribution is 2.28. The summed E-state index contributed by atoms with van der Waals surface area (Å²) >= 11 is 11.2. The van der Waals surface area contributed by atoms with Crippen molar-refractivity contribution in [2.45, 2.75) is 27.2 Å². The summed E-state index contributed by atoms with van der Waals surface area (Å²) in [5, 5.41) is 3.40. The fourth-order valence-corrected chi connectivity index (χ4v) is 2.69. The fraction of sp³-hybridized carbons (Fsp3) is 0.417. The van der Waals surface area contributed by atoms with Gasteiger partial charge >= 0.3 is 0 Å². The van der Waals surface area contributed by atoms with E-state index in [0.717, 1.165) is 27.3 Å². The standard InChI is InChI=1S/C12H13BrClN3S/c1-6(2)4-8-10(13)11(14)17-12(16-8)9-5-18-7(3)15-9/h5-6H,4H2,1-3H3. The first-order valence-corrected chi connectivity index (χ1v) is 7.67. The molecule has 2 aromatic heterocycles. The zero-order valence-electron chi connectivity index (χ0n) is 10.4. The van der Waals surface area contributed by atoms with Gasteiger partial charge in [0, 0.05) is 5.38 Å². The lowest BCUT2D eigenvalue weighted by molar-refractivity contribution is 0.632. The summed E-state index contributed by atoms with van der Waals surface area (Å²) in [4.78, 5) is 13.2. The second-order valence-corrected chi connectivity index (χ2v) is 6.66. The van der Waals surface area contributed by atoms with E-state index in [0.29, 0.717) is 16.9 Å². The third-order valence-electron chi connectivity index (χ3n) is 2.33. The third kappa shape index (κ3) is 3.08. The predicted molar refractivity (Wildman–Crippen MR) is 79.1 cm³/mol. The number of hydrogen-bond donors (Lipinski definition) is 0. The lowest BCUT2D eigenvalue weighted by Crippen LogP contribution is -2.02. The molecule has 6 heteroatoms. The predicted octanol–water partition coefficient (Wildman–Crippen LogP) is 4.52. The van der Waals surface area contributed by atoms with Crippen LogP contribution in [0.15, 0.2) is 9.85 Å². The minimum absolute atomic E-state index is 0.446. The Balaban J connectivity index is 2.46. The van der Waals surface area contributed by atoms with E-state index < -0.39 is 0 Å². The van der Waals surface area contributed by atoms with Crippen LogP contribution in [0.25, 0.3) is 11.5 Å². The quantitative estimate of drug-likeness (QED) is 0.767. The van der Waals surface area contributed by atoms with E-state index in [2.05, 4.69) is 44.7 Å². The molecule has 0 atom stereocenters. The number of aromatic nitrogens is 3. The molecule has 0 bridgehead atoms. The Kier molecular flexibility index (Phi) is 4.35. The Morgan fingerprint density at radius 2 is 2.06 bits per heavy atom. The first-order chi connectivity index (χ1) is 8.47. The maximum absolute atomic E-state index is 6.14. The monoisotopic (exact) mass is 345 g/mol. The molecule has 2 heterocycles. The molecule has 0 saturated heterocycles. The van der Waals surface area contributed by atoms with Crippen molar-refractivity contribution in [2.24, 2.45) is 5.92 Å². The highest BCUT2D eigenvalue weighted by Gasteiger charge is 2.14.